The topological polar surface area (TPSA) is 69.1 Å². The minimum absolute atomic E-state index is 0.0573. The molecular weight excluding hydrogens is 316 g/mol. The lowest BCUT2D eigenvalue weighted by Crippen LogP contribution is -2.50. The fourth-order valence-electron chi connectivity index (χ4n) is 2.93. The quantitative estimate of drug-likeness (QED) is 0.412. The van der Waals surface area contributed by atoms with Gasteiger partial charge >= 0.3 is 0 Å². The average Bonchev–Trinajstić information content (AvgIpc) is 2.58. The molecule has 1 saturated heterocycles. The minimum Gasteiger partial charge on any atom is -0.389 e. The molecule has 0 saturated carbocycles. The summed E-state index contributed by atoms with van der Waals surface area (Å²) in [6, 6.07) is 0. The van der Waals surface area contributed by atoms with Crippen molar-refractivity contribution in [3.05, 3.63) is 0 Å². The van der Waals surface area contributed by atoms with E-state index in [1.54, 1.807) is 0 Å². The zero-order valence-electron chi connectivity index (χ0n) is 17.0. The summed E-state index contributed by atoms with van der Waals surface area (Å²) in [5, 5.41) is 16.5. The molecule has 0 bridgehead atoms. The minimum atomic E-state index is -0.530. The van der Waals surface area contributed by atoms with Crippen LogP contribution < -0.4 is 10.6 Å². The maximum atomic E-state index is 10.0. The average molecular weight is 357 g/mol. The molecule has 1 rings (SSSR count). The van der Waals surface area contributed by atoms with E-state index in [0.29, 0.717) is 25.7 Å². The number of ether oxygens (including phenoxy) is 1. The molecular formula is C19H40N4O2. The maximum Gasteiger partial charge on any atom is 0.191 e. The second-order valence-corrected chi connectivity index (χ2v) is 8.02. The molecule has 25 heavy (non-hydrogen) atoms. The summed E-state index contributed by atoms with van der Waals surface area (Å²) in [7, 11) is 0. The molecule has 6 heteroatoms. The Morgan fingerprint density at radius 1 is 1.16 bits per heavy atom. The lowest BCUT2D eigenvalue weighted by molar-refractivity contribution is 0.0280. The predicted octanol–water partition coefficient (Wildman–Crippen LogP) is 1.84. The third-order valence-corrected chi connectivity index (χ3v) is 4.45. The molecule has 1 aliphatic rings. The summed E-state index contributed by atoms with van der Waals surface area (Å²) in [6.07, 6.45) is 3.39. The predicted molar refractivity (Wildman–Crippen MR) is 105 cm³/mol. The Bertz CT molecular complexity index is 380. The van der Waals surface area contributed by atoms with Crippen LogP contribution in [-0.2, 0) is 4.74 Å². The Hall–Kier alpha value is -0.850. The van der Waals surface area contributed by atoms with E-state index in [2.05, 4.69) is 50.2 Å². The fraction of sp³-hybridized carbons (Fsp3) is 0.947. The van der Waals surface area contributed by atoms with Crippen LogP contribution in [0.4, 0.5) is 0 Å². The van der Waals surface area contributed by atoms with Crippen LogP contribution in [0.3, 0.4) is 0 Å². The second-order valence-electron chi connectivity index (χ2n) is 8.02. The van der Waals surface area contributed by atoms with Gasteiger partial charge in [-0.3, -0.25) is 9.89 Å². The first-order valence-corrected chi connectivity index (χ1v) is 9.88. The number of nitrogens with zero attached hydrogens (tertiary/aromatic N) is 2. The van der Waals surface area contributed by atoms with Gasteiger partial charge in [-0.25, -0.2) is 0 Å². The molecule has 1 aliphatic heterocycles. The highest BCUT2D eigenvalue weighted by Crippen LogP contribution is 2.20. The van der Waals surface area contributed by atoms with E-state index in [0.717, 1.165) is 19.0 Å². The van der Waals surface area contributed by atoms with E-state index >= 15 is 0 Å². The zero-order valence-corrected chi connectivity index (χ0v) is 17.0. The van der Waals surface area contributed by atoms with Gasteiger partial charge in [0.05, 0.1) is 19.3 Å². The highest BCUT2D eigenvalue weighted by molar-refractivity contribution is 5.79. The Morgan fingerprint density at radius 2 is 1.84 bits per heavy atom. The standard InChI is InChI=1S/C19H40N4O2/c1-6-20-18(21-12-17(24)14-25-13-16(2)3)22-15-19(4,5)23-10-8-7-9-11-23/h16-17,24H,6-15H2,1-5H3,(H2,20,21,22). The summed E-state index contributed by atoms with van der Waals surface area (Å²) < 4.78 is 5.49. The largest absolute Gasteiger partial charge is 0.389 e. The number of nitrogens with one attached hydrogen (secondary N) is 2. The number of hydrogen-bond acceptors (Lipinski definition) is 4. The third kappa shape index (κ3) is 9.42. The van der Waals surface area contributed by atoms with Gasteiger partial charge < -0.3 is 20.5 Å². The van der Waals surface area contributed by atoms with Gasteiger partial charge in [0, 0.05) is 25.2 Å². The van der Waals surface area contributed by atoms with Crippen molar-refractivity contribution in [3.8, 4) is 0 Å². The highest BCUT2D eigenvalue weighted by atomic mass is 16.5. The number of likely N-dealkylation sites (tertiary alicyclic amines) is 1. The smallest absolute Gasteiger partial charge is 0.191 e. The number of aliphatic hydroxyl groups is 1. The van der Waals surface area contributed by atoms with E-state index in [1.807, 2.05) is 0 Å². The Labute approximate surface area is 154 Å². The first-order valence-electron chi connectivity index (χ1n) is 9.88. The van der Waals surface area contributed by atoms with Crippen molar-refractivity contribution in [2.24, 2.45) is 10.9 Å². The van der Waals surface area contributed by atoms with E-state index in [4.69, 9.17) is 9.73 Å². The number of guanidine groups is 1. The molecule has 0 aromatic carbocycles. The van der Waals surface area contributed by atoms with E-state index in [9.17, 15) is 5.11 Å². The fourth-order valence-corrected chi connectivity index (χ4v) is 2.93. The van der Waals surface area contributed by atoms with Crippen molar-refractivity contribution in [2.75, 3.05) is 45.9 Å². The number of hydrogen-bond donors (Lipinski definition) is 3. The molecule has 148 valence electrons. The Kier molecular flexibility index (Phi) is 10.4. The lowest BCUT2D eigenvalue weighted by Gasteiger charge is -2.40. The Balaban J connectivity index is 2.44. The van der Waals surface area contributed by atoms with Gasteiger partial charge in [0.1, 0.15) is 0 Å². The normalized spacial score (nSPS) is 18.4. The van der Waals surface area contributed by atoms with E-state index in [-0.39, 0.29) is 5.54 Å². The lowest BCUT2D eigenvalue weighted by atomic mass is 9.99. The van der Waals surface area contributed by atoms with Crippen LogP contribution in [0.15, 0.2) is 4.99 Å². The molecule has 3 N–H and O–H groups in total. The molecule has 0 radical (unpaired) electrons. The number of rotatable bonds is 10. The molecule has 6 nitrogen and oxygen atoms in total. The summed E-state index contributed by atoms with van der Waals surface area (Å²) in [4.78, 5) is 7.28. The van der Waals surface area contributed by atoms with Crippen molar-refractivity contribution < 1.29 is 9.84 Å². The van der Waals surface area contributed by atoms with Gasteiger partial charge in [0.15, 0.2) is 5.96 Å². The van der Waals surface area contributed by atoms with Crippen LogP contribution >= 0.6 is 0 Å². The molecule has 1 heterocycles. The molecule has 0 amide bonds. The Morgan fingerprint density at radius 3 is 2.44 bits per heavy atom. The van der Waals surface area contributed by atoms with Crippen LogP contribution in [0.2, 0.25) is 0 Å². The van der Waals surface area contributed by atoms with Gasteiger partial charge in [-0.2, -0.15) is 0 Å². The maximum absolute atomic E-state index is 10.0. The van der Waals surface area contributed by atoms with E-state index in [1.165, 1.54) is 32.4 Å². The van der Waals surface area contributed by atoms with Crippen molar-refractivity contribution in [2.45, 2.75) is 65.5 Å². The number of aliphatic hydroxyl groups excluding tert-OH is 1. The SMILES string of the molecule is CCNC(=NCC(C)(C)N1CCCCC1)NCC(O)COCC(C)C. The summed E-state index contributed by atoms with van der Waals surface area (Å²) in [5.41, 5.74) is 0.0573. The zero-order chi connectivity index (χ0) is 18.7. The third-order valence-electron chi connectivity index (χ3n) is 4.45. The van der Waals surface area contributed by atoms with Crippen molar-refractivity contribution >= 4 is 5.96 Å². The summed E-state index contributed by atoms with van der Waals surface area (Å²) >= 11 is 0. The van der Waals surface area contributed by atoms with Gasteiger partial charge in [-0.05, 0) is 52.6 Å². The van der Waals surface area contributed by atoms with E-state index < -0.39 is 6.10 Å². The van der Waals surface area contributed by atoms with Crippen molar-refractivity contribution in [1.82, 2.24) is 15.5 Å². The molecule has 0 aliphatic carbocycles. The van der Waals surface area contributed by atoms with Gasteiger partial charge in [-0.1, -0.05) is 20.3 Å². The van der Waals surface area contributed by atoms with Crippen molar-refractivity contribution in [3.63, 3.8) is 0 Å². The first-order chi connectivity index (χ1) is 11.8. The van der Waals surface area contributed by atoms with Gasteiger partial charge in [0.25, 0.3) is 0 Å². The molecule has 1 unspecified atom stereocenters. The monoisotopic (exact) mass is 356 g/mol. The highest BCUT2D eigenvalue weighted by Gasteiger charge is 2.27. The summed E-state index contributed by atoms with van der Waals surface area (Å²) in [5.74, 6) is 1.24. The van der Waals surface area contributed by atoms with Crippen LogP contribution in [0.1, 0.15) is 53.9 Å². The molecule has 1 fully saturated rings. The number of piperidine rings is 1. The van der Waals surface area contributed by atoms with Gasteiger partial charge in [0.2, 0.25) is 0 Å². The molecule has 0 aromatic rings. The number of aliphatic imine (C=N–C) groups is 1. The van der Waals surface area contributed by atoms with Crippen LogP contribution in [0.25, 0.3) is 0 Å². The van der Waals surface area contributed by atoms with Crippen LogP contribution in [0, 0.1) is 5.92 Å². The van der Waals surface area contributed by atoms with Crippen molar-refractivity contribution in [1.29, 1.82) is 0 Å². The first kappa shape index (κ1) is 22.2. The van der Waals surface area contributed by atoms with Gasteiger partial charge in [-0.15, -0.1) is 0 Å². The molecule has 0 aromatic heterocycles. The second kappa shape index (κ2) is 11.7. The summed E-state index contributed by atoms with van der Waals surface area (Å²) in [6.45, 7) is 16.1. The molecule has 1 atom stereocenters. The van der Waals surface area contributed by atoms with Crippen LogP contribution in [0.5, 0.6) is 0 Å². The molecule has 0 spiro atoms. The van der Waals surface area contributed by atoms with Crippen LogP contribution in [-0.4, -0.2) is 73.5 Å².